The molecule has 0 saturated carbocycles. The summed E-state index contributed by atoms with van der Waals surface area (Å²) in [5, 5.41) is 5.53. The maximum Gasteiger partial charge on any atom is 0.238 e. The number of aromatic nitrogens is 4. The largest absolute Gasteiger partial charge is 0.365 e. The van der Waals surface area contributed by atoms with Gasteiger partial charge in [-0.15, -0.1) is 11.3 Å². The van der Waals surface area contributed by atoms with Gasteiger partial charge in [-0.3, -0.25) is 4.57 Å². The fourth-order valence-electron chi connectivity index (χ4n) is 2.60. The van der Waals surface area contributed by atoms with Crippen LogP contribution in [-0.2, 0) is 13.0 Å². The van der Waals surface area contributed by atoms with Gasteiger partial charge in [0.1, 0.15) is 17.0 Å². The number of aryl methyl sites for hydroxylation is 1. The molecule has 0 saturated heterocycles. The van der Waals surface area contributed by atoms with Crippen molar-refractivity contribution in [2.75, 3.05) is 5.32 Å². The molecule has 0 bridgehead atoms. The van der Waals surface area contributed by atoms with E-state index in [4.69, 9.17) is 28.2 Å². The fraction of sp³-hybridized carbons (Fsp3) is 0.167. The lowest BCUT2D eigenvalue weighted by Crippen LogP contribution is -2.06. The van der Waals surface area contributed by atoms with Crippen molar-refractivity contribution in [2.45, 2.75) is 19.9 Å². The molecule has 0 radical (unpaired) electrons. The van der Waals surface area contributed by atoms with Crippen molar-refractivity contribution in [2.24, 2.45) is 0 Å². The number of hydrogen-bond acceptors (Lipinski definition) is 5. The highest BCUT2D eigenvalue weighted by atomic mass is 35.5. The number of hydrogen-bond donors (Lipinski definition) is 1. The molecule has 4 aromatic rings. The van der Waals surface area contributed by atoms with Crippen molar-refractivity contribution >= 4 is 50.6 Å². The summed E-state index contributed by atoms with van der Waals surface area (Å²) < 4.78 is 1.80. The third-order valence-corrected chi connectivity index (χ3v) is 5.87. The van der Waals surface area contributed by atoms with E-state index in [9.17, 15) is 0 Å². The van der Waals surface area contributed by atoms with Crippen LogP contribution in [0, 0.1) is 0 Å². The van der Waals surface area contributed by atoms with E-state index in [-0.39, 0.29) is 0 Å². The predicted molar refractivity (Wildman–Crippen MR) is 108 cm³/mol. The first-order chi connectivity index (χ1) is 12.6. The quantitative estimate of drug-likeness (QED) is 0.487. The summed E-state index contributed by atoms with van der Waals surface area (Å²) in [5.74, 6) is 1.39. The third-order valence-electron chi connectivity index (χ3n) is 3.96. The Kier molecular flexibility index (Phi) is 4.80. The molecule has 5 nitrogen and oxygen atoms in total. The molecule has 0 spiro atoms. The van der Waals surface area contributed by atoms with Crippen LogP contribution in [0.4, 0.5) is 5.82 Å². The van der Waals surface area contributed by atoms with Gasteiger partial charge in [0.05, 0.1) is 15.4 Å². The Morgan fingerprint density at radius 1 is 1.15 bits per heavy atom. The maximum atomic E-state index is 6.11. The molecule has 3 heterocycles. The molecule has 1 N–H and O–H groups in total. The van der Waals surface area contributed by atoms with Crippen molar-refractivity contribution in [3.8, 4) is 5.95 Å². The second-order valence-electron chi connectivity index (χ2n) is 5.73. The van der Waals surface area contributed by atoms with Gasteiger partial charge in [-0.1, -0.05) is 36.2 Å². The van der Waals surface area contributed by atoms with Gasteiger partial charge in [-0.25, -0.2) is 9.97 Å². The number of anilines is 1. The van der Waals surface area contributed by atoms with E-state index in [1.54, 1.807) is 34.5 Å². The highest BCUT2D eigenvalue weighted by Gasteiger charge is 2.12. The molecule has 0 aliphatic carbocycles. The van der Waals surface area contributed by atoms with Crippen LogP contribution in [0.1, 0.15) is 17.4 Å². The smallest absolute Gasteiger partial charge is 0.238 e. The number of benzene rings is 1. The molecule has 4 rings (SSSR count). The van der Waals surface area contributed by atoms with Gasteiger partial charge in [0.25, 0.3) is 0 Å². The SMILES string of the molecule is CCc1cc2c(NCc3ccc(Cl)c(Cl)c3)nc(-n3ccnc3)nc2s1. The van der Waals surface area contributed by atoms with Crippen LogP contribution in [0.25, 0.3) is 16.2 Å². The van der Waals surface area contributed by atoms with E-state index in [0.717, 1.165) is 28.0 Å². The standard InChI is InChI=1S/C18H15Cl2N5S/c1-2-12-8-13-16(22-9-11-3-4-14(19)15(20)7-11)23-18(24-17(13)26-12)25-6-5-21-10-25/h3-8,10H,2,9H2,1H3,(H,22,23,24). The van der Waals surface area contributed by atoms with E-state index >= 15 is 0 Å². The second kappa shape index (κ2) is 7.23. The summed E-state index contributed by atoms with van der Waals surface area (Å²) >= 11 is 13.8. The van der Waals surface area contributed by atoms with Gasteiger partial charge in [0.2, 0.25) is 5.95 Å². The minimum atomic E-state index is 0.543. The molecule has 8 heteroatoms. The summed E-state index contributed by atoms with van der Waals surface area (Å²) in [6.07, 6.45) is 6.20. The summed E-state index contributed by atoms with van der Waals surface area (Å²) in [7, 11) is 0. The van der Waals surface area contributed by atoms with Gasteiger partial charge in [0.15, 0.2) is 0 Å². The monoisotopic (exact) mass is 403 g/mol. The molecule has 0 aliphatic heterocycles. The minimum Gasteiger partial charge on any atom is -0.365 e. The van der Waals surface area contributed by atoms with Crippen LogP contribution in [0.3, 0.4) is 0 Å². The summed E-state index contributed by atoms with van der Waals surface area (Å²) in [5.41, 5.74) is 1.03. The van der Waals surface area contributed by atoms with Crippen LogP contribution < -0.4 is 5.32 Å². The first-order valence-corrected chi connectivity index (χ1v) is 9.68. The maximum absolute atomic E-state index is 6.11. The first-order valence-electron chi connectivity index (χ1n) is 8.10. The van der Waals surface area contributed by atoms with Crippen LogP contribution in [0.5, 0.6) is 0 Å². The number of nitrogens with zero attached hydrogens (tertiary/aromatic N) is 4. The van der Waals surface area contributed by atoms with E-state index in [2.05, 4.69) is 28.3 Å². The zero-order chi connectivity index (χ0) is 18.1. The zero-order valence-electron chi connectivity index (χ0n) is 13.9. The Labute approximate surface area is 164 Å². The lowest BCUT2D eigenvalue weighted by Gasteiger charge is -2.10. The van der Waals surface area contributed by atoms with Gasteiger partial charge in [0, 0.05) is 23.8 Å². The Morgan fingerprint density at radius 3 is 2.77 bits per heavy atom. The number of nitrogens with one attached hydrogen (secondary N) is 1. The van der Waals surface area contributed by atoms with Crippen molar-refractivity contribution in [1.82, 2.24) is 19.5 Å². The van der Waals surface area contributed by atoms with E-state index in [1.165, 1.54) is 4.88 Å². The highest BCUT2D eigenvalue weighted by Crippen LogP contribution is 2.30. The van der Waals surface area contributed by atoms with Crippen LogP contribution in [-0.4, -0.2) is 19.5 Å². The van der Waals surface area contributed by atoms with Crippen LogP contribution in [0.2, 0.25) is 10.0 Å². The zero-order valence-corrected chi connectivity index (χ0v) is 16.2. The lowest BCUT2D eigenvalue weighted by molar-refractivity contribution is 0.939. The van der Waals surface area contributed by atoms with Gasteiger partial charge in [-0.2, -0.15) is 4.98 Å². The molecule has 0 unspecified atom stereocenters. The average Bonchev–Trinajstić information content (AvgIpc) is 3.31. The predicted octanol–water partition coefficient (Wildman–Crippen LogP) is 5.36. The highest BCUT2D eigenvalue weighted by molar-refractivity contribution is 7.18. The van der Waals surface area contributed by atoms with Gasteiger partial charge < -0.3 is 5.32 Å². The molecule has 26 heavy (non-hydrogen) atoms. The molecular weight excluding hydrogens is 389 g/mol. The fourth-order valence-corrected chi connectivity index (χ4v) is 3.88. The van der Waals surface area contributed by atoms with Gasteiger partial charge in [-0.05, 0) is 30.2 Å². The number of imidazole rings is 1. The van der Waals surface area contributed by atoms with Crippen LogP contribution >= 0.6 is 34.5 Å². The molecule has 0 aliphatic rings. The van der Waals surface area contributed by atoms with E-state index < -0.39 is 0 Å². The Bertz CT molecular complexity index is 1060. The number of rotatable bonds is 5. The molecule has 1 aromatic carbocycles. The number of fused-ring (bicyclic) bond motifs is 1. The molecular formula is C18H15Cl2N5S. The molecule has 0 atom stereocenters. The lowest BCUT2D eigenvalue weighted by atomic mass is 10.2. The molecule has 132 valence electrons. The molecule has 0 fully saturated rings. The topological polar surface area (TPSA) is 55.6 Å². The van der Waals surface area contributed by atoms with Crippen LogP contribution in [0.15, 0.2) is 43.0 Å². The van der Waals surface area contributed by atoms with Crippen molar-refractivity contribution in [3.63, 3.8) is 0 Å². The first kappa shape index (κ1) is 17.3. The third kappa shape index (κ3) is 3.40. The summed E-state index contributed by atoms with van der Waals surface area (Å²) in [6, 6.07) is 7.75. The minimum absolute atomic E-state index is 0.543. The number of halogens is 2. The van der Waals surface area contributed by atoms with Crippen molar-refractivity contribution in [1.29, 1.82) is 0 Å². The second-order valence-corrected chi connectivity index (χ2v) is 7.66. The normalized spacial score (nSPS) is 11.2. The number of thiophene rings is 1. The van der Waals surface area contributed by atoms with Crippen molar-refractivity contribution < 1.29 is 0 Å². The summed E-state index contributed by atoms with van der Waals surface area (Å²) in [4.78, 5) is 15.7. The Hall–Kier alpha value is -2.15. The Morgan fingerprint density at radius 2 is 2.04 bits per heavy atom. The summed E-state index contributed by atoms with van der Waals surface area (Å²) in [6.45, 7) is 2.72. The van der Waals surface area contributed by atoms with Crippen molar-refractivity contribution in [3.05, 3.63) is 63.5 Å². The molecule has 3 aromatic heterocycles. The van der Waals surface area contributed by atoms with Gasteiger partial charge >= 0.3 is 0 Å². The Balaban J connectivity index is 1.71. The molecule has 0 amide bonds. The van der Waals surface area contributed by atoms with E-state index in [1.807, 2.05) is 18.3 Å². The van der Waals surface area contributed by atoms with E-state index in [0.29, 0.717) is 22.5 Å². The average molecular weight is 404 g/mol.